The van der Waals surface area contributed by atoms with Crippen molar-refractivity contribution in [2.24, 2.45) is 5.73 Å². The Morgan fingerprint density at radius 3 is 2.54 bits per heavy atom. The molecule has 13 heavy (non-hydrogen) atoms. The number of hydrogen-bond donors (Lipinski definition) is 2. The lowest BCUT2D eigenvalue weighted by molar-refractivity contribution is 0.284. The van der Waals surface area contributed by atoms with Crippen molar-refractivity contribution in [3.8, 4) is 0 Å². The van der Waals surface area contributed by atoms with E-state index in [1.54, 1.807) is 24.3 Å². The summed E-state index contributed by atoms with van der Waals surface area (Å²) in [4.78, 5) is 0. The standard InChI is InChI=1S/C10H12FNO/c11-9-4-1-8(2-5-9)3-6-10(12)7-13/h1-6,10,13H,7,12H2/b6-3+/t10-/m1/s1. The summed E-state index contributed by atoms with van der Waals surface area (Å²) in [7, 11) is 0. The molecule has 70 valence electrons. The Bertz CT molecular complexity index is 281. The first kappa shape index (κ1) is 9.89. The minimum atomic E-state index is -0.356. The third-order valence-electron chi connectivity index (χ3n) is 1.62. The smallest absolute Gasteiger partial charge is 0.123 e. The predicted molar refractivity (Wildman–Crippen MR) is 50.5 cm³/mol. The molecule has 0 aliphatic carbocycles. The maximum absolute atomic E-state index is 12.5. The zero-order chi connectivity index (χ0) is 9.68. The zero-order valence-corrected chi connectivity index (χ0v) is 7.15. The zero-order valence-electron chi connectivity index (χ0n) is 7.15. The number of hydrogen-bond acceptors (Lipinski definition) is 2. The molecule has 0 aromatic heterocycles. The Labute approximate surface area is 76.5 Å². The van der Waals surface area contributed by atoms with Crippen LogP contribution in [-0.4, -0.2) is 17.8 Å². The van der Waals surface area contributed by atoms with Gasteiger partial charge in [-0.1, -0.05) is 24.3 Å². The van der Waals surface area contributed by atoms with Crippen LogP contribution < -0.4 is 5.73 Å². The molecule has 0 fully saturated rings. The van der Waals surface area contributed by atoms with Crippen LogP contribution in [-0.2, 0) is 0 Å². The van der Waals surface area contributed by atoms with E-state index in [9.17, 15) is 4.39 Å². The summed E-state index contributed by atoms with van der Waals surface area (Å²) in [5.41, 5.74) is 6.31. The third kappa shape index (κ3) is 3.36. The van der Waals surface area contributed by atoms with Gasteiger partial charge in [0.25, 0.3) is 0 Å². The molecule has 1 atom stereocenters. The summed E-state index contributed by atoms with van der Waals surface area (Å²) >= 11 is 0. The Morgan fingerprint density at radius 1 is 1.38 bits per heavy atom. The van der Waals surface area contributed by atoms with E-state index in [-0.39, 0.29) is 18.5 Å². The van der Waals surface area contributed by atoms with Crippen molar-refractivity contribution in [3.63, 3.8) is 0 Å². The fourth-order valence-electron chi connectivity index (χ4n) is 0.869. The number of halogens is 1. The number of nitrogens with two attached hydrogens (primary N) is 1. The van der Waals surface area contributed by atoms with E-state index in [4.69, 9.17) is 10.8 Å². The van der Waals surface area contributed by atoms with Crippen LogP contribution in [0.2, 0.25) is 0 Å². The third-order valence-corrected chi connectivity index (χ3v) is 1.62. The maximum Gasteiger partial charge on any atom is 0.123 e. The average molecular weight is 181 g/mol. The highest BCUT2D eigenvalue weighted by Crippen LogP contribution is 2.04. The maximum atomic E-state index is 12.5. The summed E-state index contributed by atoms with van der Waals surface area (Å²) in [6.07, 6.45) is 3.42. The summed E-state index contributed by atoms with van der Waals surface area (Å²) in [6.45, 7) is -0.0856. The Balaban J connectivity index is 2.64. The Hall–Kier alpha value is -1.19. The lowest BCUT2D eigenvalue weighted by Crippen LogP contribution is -2.20. The summed E-state index contributed by atoms with van der Waals surface area (Å²) in [5.74, 6) is -0.261. The van der Waals surface area contributed by atoms with Crippen LogP contribution in [0.5, 0.6) is 0 Å². The number of benzene rings is 1. The Morgan fingerprint density at radius 2 is 2.00 bits per heavy atom. The molecule has 0 aliphatic rings. The molecule has 3 N–H and O–H groups in total. The Kier molecular flexibility index (Phi) is 3.61. The monoisotopic (exact) mass is 181 g/mol. The van der Waals surface area contributed by atoms with E-state index in [2.05, 4.69) is 0 Å². The van der Waals surface area contributed by atoms with Gasteiger partial charge in [-0.3, -0.25) is 0 Å². The SMILES string of the molecule is N[C@H](/C=C/c1ccc(F)cc1)CO. The van der Waals surface area contributed by atoms with Crippen molar-refractivity contribution in [2.45, 2.75) is 6.04 Å². The summed E-state index contributed by atoms with van der Waals surface area (Å²) in [6, 6.07) is 5.70. The lowest BCUT2D eigenvalue weighted by atomic mass is 10.2. The molecule has 3 heteroatoms. The highest BCUT2D eigenvalue weighted by molar-refractivity contribution is 5.49. The molecule has 1 aromatic rings. The van der Waals surface area contributed by atoms with E-state index in [0.29, 0.717) is 0 Å². The molecule has 1 aromatic carbocycles. The van der Waals surface area contributed by atoms with Crippen molar-refractivity contribution in [1.82, 2.24) is 0 Å². The second kappa shape index (κ2) is 4.74. The first-order valence-corrected chi connectivity index (χ1v) is 4.02. The van der Waals surface area contributed by atoms with Crippen molar-refractivity contribution < 1.29 is 9.50 Å². The highest BCUT2D eigenvalue weighted by Gasteiger charge is 1.93. The van der Waals surface area contributed by atoms with Crippen LogP contribution in [0.1, 0.15) is 5.56 Å². The van der Waals surface area contributed by atoms with E-state index < -0.39 is 0 Å². The normalized spacial score (nSPS) is 13.5. The van der Waals surface area contributed by atoms with Gasteiger partial charge in [0.05, 0.1) is 6.61 Å². The topological polar surface area (TPSA) is 46.2 Å². The fraction of sp³-hybridized carbons (Fsp3) is 0.200. The summed E-state index contributed by atoms with van der Waals surface area (Å²) in [5, 5.41) is 8.62. The minimum absolute atomic E-state index is 0.0856. The van der Waals surface area contributed by atoms with E-state index >= 15 is 0 Å². The largest absolute Gasteiger partial charge is 0.394 e. The van der Waals surface area contributed by atoms with Crippen molar-refractivity contribution >= 4 is 6.08 Å². The van der Waals surface area contributed by atoms with Gasteiger partial charge in [-0.05, 0) is 17.7 Å². The van der Waals surface area contributed by atoms with Gasteiger partial charge in [-0.25, -0.2) is 4.39 Å². The molecule has 0 aliphatic heterocycles. The average Bonchev–Trinajstić information content (AvgIpc) is 2.16. The van der Waals surface area contributed by atoms with Crippen LogP contribution in [0.15, 0.2) is 30.3 Å². The fourth-order valence-corrected chi connectivity index (χ4v) is 0.869. The predicted octanol–water partition coefficient (Wildman–Crippen LogP) is 1.16. The molecule has 0 bridgehead atoms. The molecule has 0 spiro atoms. The van der Waals surface area contributed by atoms with E-state index in [1.807, 2.05) is 0 Å². The molecular formula is C10H12FNO. The molecule has 0 saturated carbocycles. The van der Waals surface area contributed by atoms with Gasteiger partial charge in [0.15, 0.2) is 0 Å². The van der Waals surface area contributed by atoms with Crippen LogP contribution >= 0.6 is 0 Å². The molecule has 0 unspecified atom stereocenters. The van der Waals surface area contributed by atoms with Crippen LogP contribution in [0, 0.1) is 5.82 Å². The van der Waals surface area contributed by atoms with Gasteiger partial charge in [0.1, 0.15) is 5.82 Å². The number of aliphatic hydroxyl groups excluding tert-OH is 1. The van der Waals surface area contributed by atoms with Crippen molar-refractivity contribution in [1.29, 1.82) is 0 Å². The van der Waals surface area contributed by atoms with Gasteiger partial charge >= 0.3 is 0 Å². The molecule has 1 rings (SSSR count). The van der Waals surface area contributed by atoms with Gasteiger partial charge in [0, 0.05) is 6.04 Å². The minimum Gasteiger partial charge on any atom is -0.394 e. The molecule has 0 radical (unpaired) electrons. The first-order valence-electron chi connectivity index (χ1n) is 4.02. The van der Waals surface area contributed by atoms with Gasteiger partial charge < -0.3 is 10.8 Å². The molecule has 0 amide bonds. The van der Waals surface area contributed by atoms with Crippen molar-refractivity contribution in [2.75, 3.05) is 6.61 Å². The van der Waals surface area contributed by atoms with Gasteiger partial charge in [-0.15, -0.1) is 0 Å². The van der Waals surface area contributed by atoms with Gasteiger partial charge in [0.2, 0.25) is 0 Å². The van der Waals surface area contributed by atoms with E-state index in [1.165, 1.54) is 12.1 Å². The van der Waals surface area contributed by atoms with Crippen molar-refractivity contribution in [3.05, 3.63) is 41.7 Å². The lowest BCUT2D eigenvalue weighted by Gasteiger charge is -1.99. The first-order chi connectivity index (χ1) is 6.22. The summed E-state index contributed by atoms with van der Waals surface area (Å²) < 4.78 is 12.5. The molecule has 2 nitrogen and oxygen atoms in total. The number of rotatable bonds is 3. The van der Waals surface area contributed by atoms with Crippen LogP contribution in [0.25, 0.3) is 6.08 Å². The van der Waals surface area contributed by atoms with Crippen LogP contribution in [0.3, 0.4) is 0 Å². The highest BCUT2D eigenvalue weighted by atomic mass is 19.1. The second-order valence-corrected chi connectivity index (χ2v) is 2.76. The molecule has 0 heterocycles. The van der Waals surface area contributed by atoms with Crippen LogP contribution in [0.4, 0.5) is 4.39 Å². The quantitative estimate of drug-likeness (QED) is 0.735. The molecule has 0 saturated heterocycles. The molecular weight excluding hydrogens is 169 g/mol. The number of aliphatic hydroxyl groups is 1. The van der Waals surface area contributed by atoms with E-state index in [0.717, 1.165) is 5.56 Å². The second-order valence-electron chi connectivity index (χ2n) is 2.76. The van der Waals surface area contributed by atoms with Gasteiger partial charge in [-0.2, -0.15) is 0 Å².